The highest BCUT2D eigenvalue weighted by Crippen LogP contribution is 2.33. The summed E-state index contributed by atoms with van der Waals surface area (Å²) in [7, 11) is -3.82. The van der Waals surface area contributed by atoms with Gasteiger partial charge in [-0.2, -0.15) is 0 Å². The monoisotopic (exact) mass is 613 g/mol. The summed E-state index contributed by atoms with van der Waals surface area (Å²) >= 11 is 0. The molecule has 0 bridgehead atoms. The predicted octanol–water partition coefficient (Wildman–Crippen LogP) is 5.49. The number of rotatable bonds is 7. The van der Waals surface area contributed by atoms with Gasteiger partial charge in [0.1, 0.15) is 17.2 Å². The van der Waals surface area contributed by atoms with Gasteiger partial charge < -0.3 is 15.0 Å². The molecule has 2 aliphatic rings. The molecule has 2 fully saturated rings. The van der Waals surface area contributed by atoms with E-state index >= 15 is 0 Å². The van der Waals surface area contributed by atoms with Gasteiger partial charge in [0, 0.05) is 18.5 Å². The number of benzene rings is 2. The van der Waals surface area contributed by atoms with E-state index < -0.39 is 21.7 Å². The Morgan fingerprint density at radius 1 is 1.07 bits per heavy atom. The molecule has 2 amide bonds. The number of sulfonamides is 1. The van der Waals surface area contributed by atoms with Crippen LogP contribution in [-0.2, 0) is 19.6 Å². The van der Waals surface area contributed by atoms with Crippen LogP contribution in [0.15, 0.2) is 47.4 Å². The predicted molar refractivity (Wildman–Crippen MR) is 160 cm³/mol. The molecule has 12 heteroatoms. The molecule has 10 nitrogen and oxygen atoms in total. The fourth-order valence-corrected chi connectivity index (χ4v) is 7.18. The van der Waals surface area contributed by atoms with E-state index in [1.165, 1.54) is 18.2 Å². The normalized spacial score (nSPS) is 22.0. The molecular weight excluding hydrogens is 573 g/mol. The number of hydrogen-bond acceptors (Lipinski definition) is 6. The van der Waals surface area contributed by atoms with Crippen molar-refractivity contribution in [1.82, 2.24) is 24.9 Å². The highest BCUT2D eigenvalue weighted by Gasteiger charge is 2.35. The van der Waals surface area contributed by atoms with E-state index in [1.807, 2.05) is 27.7 Å². The summed E-state index contributed by atoms with van der Waals surface area (Å²) in [5.41, 5.74) is 1.40. The average Bonchev–Trinajstić information content (AvgIpc) is 3.59. The van der Waals surface area contributed by atoms with E-state index in [0.717, 1.165) is 18.4 Å². The average molecular weight is 614 g/mol. The lowest BCUT2D eigenvalue weighted by molar-refractivity contribution is -0.126. The summed E-state index contributed by atoms with van der Waals surface area (Å²) < 4.78 is 48.2. The summed E-state index contributed by atoms with van der Waals surface area (Å²) in [5.74, 6) is -0.00964. The zero-order valence-corrected chi connectivity index (χ0v) is 25.8. The Balaban J connectivity index is 1.19. The molecule has 2 atom stereocenters. The quantitative estimate of drug-likeness (QED) is 0.323. The second-order valence-electron chi connectivity index (χ2n) is 12.6. The number of imidazole rings is 1. The van der Waals surface area contributed by atoms with Crippen LogP contribution in [0.4, 0.5) is 9.18 Å². The van der Waals surface area contributed by atoms with Crippen molar-refractivity contribution in [3.63, 3.8) is 0 Å². The molecule has 0 radical (unpaired) electrons. The zero-order chi connectivity index (χ0) is 30.9. The number of nitrogens with one attached hydrogen (secondary N) is 3. The Labute approximate surface area is 251 Å². The van der Waals surface area contributed by atoms with E-state index in [0.29, 0.717) is 49.1 Å². The number of aromatic nitrogens is 2. The van der Waals surface area contributed by atoms with E-state index in [9.17, 15) is 22.4 Å². The first-order valence-electron chi connectivity index (χ1n) is 14.9. The minimum atomic E-state index is -3.82. The van der Waals surface area contributed by atoms with Gasteiger partial charge in [0.15, 0.2) is 0 Å². The van der Waals surface area contributed by atoms with E-state index in [-0.39, 0.29) is 40.7 Å². The number of halogens is 1. The van der Waals surface area contributed by atoms with E-state index in [4.69, 9.17) is 4.74 Å². The number of nitrogens with zero attached hydrogens (tertiary/aromatic N) is 2. The van der Waals surface area contributed by atoms with Crippen molar-refractivity contribution in [3.05, 3.63) is 59.7 Å². The molecule has 3 N–H and O–H groups in total. The summed E-state index contributed by atoms with van der Waals surface area (Å²) in [6, 6.07) is 10.0. The van der Waals surface area contributed by atoms with E-state index in [2.05, 4.69) is 20.0 Å². The van der Waals surface area contributed by atoms with Crippen LogP contribution in [0.1, 0.15) is 89.7 Å². The summed E-state index contributed by atoms with van der Waals surface area (Å²) in [4.78, 5) is 35.3. The van der Waals surface area contributed by atoms with Gasteiger partial charge in [0.05, 0.1) is 28.0 Å². The molecule has 1 saturated heterocycles. The molecule has 0 spiro atoms. The highest BCUT2D eigenvalue weighted by atomic mass is 32.2. The summed E-state index contributed by atoms with van der Waals surface area (Å²) in [6.45, 7) is 7.91. The first kappa shape index (κ1) is 30.9. The highest BCUT2D eigenvalue weighted by molar-refractivity contribution is 7.89. The van der Waals surface area contributed by atoms with E-state index in [1.54, 1.807) is 29.2 Å². The Hall–Kier alpha value is -3.51. The molecule has 43 heavy (non-hydrogen) atoms. The van der Waals surface area contributed by atoms with Crippen LogP contribution in [0.25, 0.3) is 11.0 Å². The van der Waals surface area contributed by atoms with Crippen LogP contribution in [0.3, 0.4) is 0 Å². The van der Waals surface area contributed by atoms with Crippen molar-refractivity contribution < 1.29 is 27.1 Å². The lowest BCUT2D eigenvalue weighted by Gasteiger charge is -2.29. The molecule has 232 valence electrons. The molecule has 2 aromatic carbocycles. The number of likely N-dealkylation sites (tertiary alicyclic amines) is 1. The second kappa shape index (κ2) is 12.2. The minimum absolute atomic E-state index is 0.0777. The molecule has 1 aliphatic heterocycles. The number of carbonyl (C=O) groups is 2. The standard InChI is InChI=1S/C31H40FN5O5S/c1-19(20-7-11-22(32)12-8-20)33-29(38)21-9-13-23(14-10-21)36-43(40,41)24-15-16-25-26(18-24)35-28(34-25)27-6-5-17-37(27)30(39)42-31(2,3)4/h7-8,11-12,15-16,18-19,21,23,27,36H,5-6,9-10,13-14,17H2,1-4H3,(H,33,38)(H,34,35)/t19-,21?,23?,27+/m1/s1. The lowest BCUT2D eigenvalue weighted by Crippen LogP contribution is -2.41. The van der Waals surface area contributed by atoms with Crippen molar-refractivity contribution in [2.75, 3.05) is 6.54 Å². The fourth-order valence-electron chi connectivity index (χ4n) is 5.85. The maximum Gasteiger partial charge on any atom is 0.410 e. The molecular formula is C31H40FN5O5S. The topological polar surface area (TPSA) is 133 Å². The maximum absolute atomic E-state index is 13.3. The van der Waals surface area contributed by atoms with Gasteiger partial charge in [-0.3, -0.25) is 9.69 Å². The van der Waals surface area contributed by atoms with Crippen molar-refractivity contribution in [2.45, 2.75) is 94.8 Å². The molecule has 1 aliphatic carbocycles. The molecule has 1 saturated carbocycles. The smallest absolute Gasteiger partial charge is 0.410 e. The van der Waals surface area contributed by atoms with Crippen LogP contribution < -0.4 is 10.0 Å². The second-order valence-corrected chi connectivity index (χ2v) is 14.3. The van der Waals surface area contributed by atoms with Crippen molar-refractivity contribution in [3.8, 4) is 0 Å². The van der Waals surface area contributed by atoms with Gasteiger partial charge in [-0.25, -0.2) is 27.3 Å². The van der Waals surface area contributed by atoms with Gasteiger partial charge in [-0.15, -0.1) is 0 Å². The lowest BCUT2D eigenvalue weighted by atomic mass is 9.85. The Morgan fingerprint density at radius 2 is 1.77 bits per heavy atom. The van der Waals surface area contributed by atoms with Crippen LogP contribution in [0.5, 0.6) is 0 Å². The minimum Gasteiger partial charge on any atom is -0.444 e. The van der Waals surface area contributed by atoms with Crippen molar-refractivity contribution in [2.24, 2.45) is 5.92 Å². The number of fused-ring (bicyclic) bond motifs is 1. The number of aromatic amines is 1. The van der Waals surface area contributed by atoms with Crippen LogP contribution in [0.2, 0.25) is 0 Å². The van der Waals surface area contributed by atoms with Gasteiger partial charge in [0.25, 0.3) is 0 Å². The number of carbonyl (C=O) groups excluding carboxylic acids is 2. The molecule has 3 aromatic rings. The van der Waals surface area contributed by atoms with Crippen LogP contribution in [0, 0.1) is 11.7 Å². The maximum atomic E-state index is 13.3. The molecule has 0 unspecified atom stereocenters. The van der Waals surface area contributed by atoms with Gasteiger partial charge in [0.2, 0.25) is 15.9 Å². The number of H-pyrrole nitrogens is 1. The van der Waals surface area contributed by atoms with Gasteiger partial charge in [-0.1, -0.05) is 12.1 Å². The number of hydrogen-bond donors (Lipinski definition) is 3. The zero-order valence-electron chi connectivity index (χ0n) is 25.0. The van der Waals surface area contributed by atoms with Crippen molar-refractivity contribution >= 4 is 33.1 Å². The van der Waals surface area contributed by atoms with Gasteiger partial charge >= 0.3 is 6.09 Å². The molecule has 5 rings (SSSR count). The van der Waals surface area contributed by atoms with Crippen molar-refractivity contribution in [1.29, 1.82) is 0 Å². The number of amides is 2. The summed E-state index contributed by atoms with van der Waals surface area (Å²) in [5, 5.41) is 2.99. The third-order valence-electron chi connectivity index (χ3n) is 8.13. The Morgan fingerprint density at radius 3 is 2.44 bits per heavy atom. The Kier molecular flexibility index (Phi) is 8.80. The number of ether oxygens (including phenoxy) is 1. The Bertz CT molecular complexity index is 1580. The first-order chi connectivity index (χ1) is 20.3. The van der Waals surface area contributed by atoms with Crippen LogP contribution in [-0.4, -0.2) is 53.5 Å². The third kappa shape index (κ3) is 7.35. The van der Waals surface area contributed by atoms with Gasteiger partial charge in [-0.05, 0) is 102 Å². The first-order valence-corrected chi connectivity index (χ1v) is 16.3. The fraction of sp³-hybridized carbons (Fsp3) is 0.516. The summed E-state index contributed by atoms with van der Waals surface area (Å²) in [6.07, 6.45) is 3.38. The SMILES string of the molecule is C[C@@H](NC(=O)C1CCC(NS(=O)(=O)c2ccc3nc([C@@H]4CCCN4C(=O)OC(C)(C)C)[nH]c3c2)CC1)c1ccc(F)cc1. The third-order valence-corrected chi connectivity index (χ3v) is 9.65. The molecule has 1 aromatic heterocycles. The molecule has 2 heterocycles. The largest absolute Gasteiger partial charge is 0.444 e. The van der Waals surface area contributed by atoms with Crippen LogP contribution >= 0.6 is 0 Å².